The number of rotatable bonds is 9. The minimum Gasteiger partial charge on any atom is -0.491 e. The molecule has 4 heteroatoms. The van der Waals surface area contributed by atoms with Gasteiger partial charge in [0.1, 0.15) is 5.75 Å². The molecule has 21 heavy (non-hydrogen) atoms. The van der Waals surface area contributed by atoms with E-state index in [1.165, 1.54) is 6.08 Å². The Bertz CT molecular complexity index is 470. The van der Waals surface area contributed by atoms with Crippen molar-refractivity contribution in [2.75, 3.05) is 18.9 Å². The van der Waals surface area contributed by atoms with Gasteiger partial charge in [-0.3, -0.25) is 4.79 Å². The van der Waals surface area contributed by atoms with Gasteiger partial charge in [0.25, 0.3) is 0 Å². The molecule has 116 valence electrons. The maximum atomic E-state index is 11.6. The molecule has 0 fully saturated rings. The normalized spacial score (nSPS) is 10.8. The van der Waals surface area contributed by atoms with E-state index in [1.807, 2.05) is 25.1 Å². The molecule has 0 saturated heterocycles. The van der Waals surface area contributed by atoms with E-state index in [9.17, 15) is 4.79 Å². The van der Waals surface area contributed by atoms with Crippen LogP contribution in [0, 0.1) is 0 Å². The lowest BCUT2D eigenvalue weighted by atomic mass is 10.1. The van der Waals surface area contributed by atoms with Gasteiger partial charge in [0.05, 0.1) is 12.3 Å². The second-order valence-corrected chi connectivity index (χ2v) is 4.98. The van der Waals surface area contributed by atoms with Gasteiger partial charge in [-0.2, -0.15) is 0 Å². The number of benzene rings is 1. The molecule has 1 amide bonds. The van der Waals surface area contributed by atoms with Crippen LogP contribution in [0.25, 0.3) is 6.08 Å². The lowest BCUT2D eigenvalue weighted by molar-refractivity contribution is -0.116. The molecule has 0 spiro atoms. The third-order valence-corrected chi connectivity index (χ3v) is 3.00. The Morgan fingerprint density at radius 3 is 2.76 bits per heavy atom. The lowest BCUT2D eigenvalue weighted by Crippen LogP contribution is -2.21. The van der Waals surface area contributed by atoms with E-state index in [1.54, 1.807) is 6.08 Å². The number of anilines is 1. The molecule has 0 aliphatic heterocycles. The minimum atomic E-state index is -0.0732. The van der Waals surface area contributed by atoms with Gasteiger partial charge in [0.2, 0.25) is 5.91 Å². The van der Waals surface area contributed by atoms with Crippen LogP contribution in [-0.2, 0) is 4.79 Å². The van der Waals surface area contributed by atoms with E-state index in [4.69, 9.17) is 10.5 Å². The Kier molecular flexibility index (Phi) is 8.02. The summed E-state index contributed by atoms with van der Waals surface area (Å²) < 4.78 is 5.51. The molecule has 1 aromatic rings. The molecule has 0 aliphatic carbocycles. The highest BCUT2D eigenvalue weighted by atomic mass is 16.5. The van der Waals surface area contributed by atoms with Crippen molar-refractivity contribution in [2.45, 2.75) is 39.5 Å². The first-order chi connectivity index (χ1) is 10.2. The average molecular weight is 290 g/mol. The number of nitrogen functional groups attached to an aromatic ring is 1. The topological polar surface area (TPSA) is 64.3 Å². The molecule has 1 aromatic carbocycles. The first-order valence-corrected chi connectivity index (χ1v) is 7.65. The summed E-state index contributed by atoms with van der Waals surface area (Å²) in [7, 11) is 0. The number of carbonyl (C=O) groups is 1. The van der Waals surface area contributed by atoms with E-state index in [-0.39, 0.29) is 5.91 Å². The van der Waals surface area contributed by atoms with Crippen LogP contribution in [0.2, 0.25) is 0 Å². The number of ether oxygens (including phenoxy) is 1. The number of unbranched alkanes of at least 4 members (excludes halogenated alkanes) is 2. The SMILES string of the molecule is CCCCCNC(=O)/C=C\c1ccc(OCCC)c(N)c1. The molecule has 3 N–H and O–H groups in total. The van der Waals surface area contributed by atoms with Crippen LogP contribution >= 0.6 is 0 Å². The molecule has 0 saturated carbocycles. The Morgan fingerprint density at radius 2 is 2.10 bits per heavy atom. The number of nitrogens with two attached hydrogens (primary N) is 1. The fourth-order valence-corrected chi connectivity index (χ4v) is 1.83. The van der Waals surface area contributed by atoms with Crippen LogP contribution < -0.4 is 15.8 Å². The van der Waals surface area contributed by atoms with Gasteiger partial charge >= 0.3 is 0 Å². The van der Waals surface area contributed by atoms with Gasteiger partial charge in [0.15, 0.2) is 0 Å². The zero-order valence-electron chi connectivity index (χ0n) is 13.0. The zero-order chi connectivity index (χ0) is 15.5. The predicted octanol–water partition coefficient (Wildman–Crippen LogP) is 3.38. The van der Waals surface area contributed by atoms with Crippen molar-refractivity contribution in [1.82, 2.24) is 5.32 Å². The van der Waals surface area contributed by atoms with Crippen molar-refractivity contribution >= 4 is 17.7 Å². The predicted molar refractivity (Wildman–Crippen MR) is 88.2 cm³/mol. The highest BCUT2D eigenvalue weighted by Gasteiger charge is 2.01. The Morgan fingerprint density at radius 1 is 1.29 bits per heavy atom. The highest BCUT2D eigenvalue weighted by Crippen LogP contribution is 2.23. The van der Waals surface area contributed by atoms with E-state index in [0.29, 0.717) is 18.0 Å². The average Bonchev–Trinajstić information content (AvgIpc) is 2.48. The number of amides is 1. The first kappa shape index (κ1) is 17.1. The van der Waals surface area contributed by atoms with Crippen molar-refractivity contribution in [1.29, 1.82) is 0 Å². The first-order valence-electron chi connectivity index (χ1n) is 7.65. The summed E-state index contributed by atoms with van der Waals surface area (Å²) in [5, 5.41) is 2.86. The highest BCUT2D eigenvalue weighted by molar-refractivity contribution is 5.91. The Hall–Kier alpha value is -1.97. The summed E-state index contributed by atoms with van der Waals surface area (Å²) in [4.78, 5) is 11.6. The van der Waals surface area contributed by atoms with Crippen LogP contribution in [0.1, 0.15) is 45.1 Å². The van der Waals surface area contributed by atoms with Crippen molar-refractivity contribution in [2.24, 2.45) is 0 Å². The van der Waals surface area contributed by atoms with Crippen LogP contribution in [0.15, 0.2) is 24.3 Å². The standard InChI is InChI=1S/C17H26N2O2/c1-3-5-6-11-19-17(20)10-8-14-7-9-16(15(18)13-14)21-12-4-2/h7-10,13H,3-6,11-12,18H2,1-2H3,(H,19,20)/b10-8-. The van der Waals surface area contributed by atoms with Crippen LogP contribution in [0.4, 0.5) is 5.69 Å². The largest absolute Gasteiger partial charge is 0.491 e. The Balaban J connectivity index is 2.48. The van der Waals surface area contributed by atoms with Crippen molar-refractivity contribution in [3.05, 3.63) is 29.8 Å². The van der Waals surface area contributed by atoms with E-state index < -0.39 is 0 Å². The number of nitrogens with one attached hydrogen (secondary N) is 1. The van der Waals surface area contributed by atoms with E-state index >= 15 is 0 Å². The molecule has 0 bridgehead atoms. The lowest BCUT2D eigenvalue weighted by Gasteiger charge is -2.08. The second-order valence-electron chi connectivity index (χ2n) is 4.98. The summed E-state index contributed by atoms with van der Waals surface area (Å²) in [6.07, 6.45) is 7.55. The molecule has 0 aromatic heterocycles. The minimum absolute atomic E-state index is 0.0732. The Labute approximate surface area is 127 Å². The van der Waals surface area contributed by atoms with Crippen LogP contribution in [0.3, 0.4) is 0 Å². The third-order valence-electron chi connectivity index (χ3n) is 3.00. The van der Waals surface area contributed by atoms with E-state index in [0.717, 1.165) is 37.8 Å². The molecular formula is C17H26N2O2. The molecule has 4 nitrogen and oxygen atoms in total. The molecule has 0 unspecified atom stereocenters. The number of hydrogen-bond acceptors (Lipinski definition) is 3. The summed E-state index contributed by atoms with van der Waals surface area (Å²) >= 11 is 0. The molecule has 0 aliphatic rings. The molecular weight excluding hydrogens is 264 g/mol. The molecule has 0 atom stereocenters. The van der Waals surface area contributed by atoms with Crippen molar-refractivity contribution in [3.8, 4) is 5.75 Å². The summed E-state index contributed by atoms with van der Waals surface area (Å²) in [5.41, 5.74) is 7.40. The van der Waals surface area contributed by atoms with Crippen LogP contribution in [-0.4, -0.2) is 19.1 Å². The van der Waals surface area contributed by atoms with Gasteiger partial charge < -0.3 is 15.8 Å². The molecule has 0 radical (unpaired) electrons. The quantitative estimate of drug-likeness (QED) is 0.416. The second kappa shape index (κ2) is 9.86. The fourth-order valence-electron chi connectivity index (χ4n) is 1.83. The smallest absolute Gasteiger partial charge is 0.243 e. The van der Waals surface area contributed by atoms with E-state index in [2.05, 4.69) is 12.2 Å². The van der Waals surface area contributed by atoms with Crippen LogP contribution in [0.5, 0.6) is 5.75 Å². The fraction of sp³-hybridized carbons (Fsp3) is 0.471. The maximum Gasteiger partial charge on any atom is 0.243 e. The van der Waals surface area contributed by atoms with Gasteiger partial charge in [-0.1, -0.05) is 32.8 Å². The monoisotopic (exact) mass is 290 g/mol. The van der Waals surface area contributed by atoms with Gasteiger partial charge in [-0.25, -0.2) is 0 Å². The van der Waals surface area contributed by atoms with Gasteiger partial charge in [-0.05, 0) is 36.6 Å². The maximum absolute atomic E-state index is 11.6. The van der Waals surface area contributed by atoms with Gasteiger partial charge in [0, 0.05) is 12.6 Å². The summed E-state index contributed by atoms with van der Waals surface area (Å²) in [6, 6.07) is 5.54. The van der Waals surface area contributed by atoms with Gasteiger partial charge in [-0.15, -0.1) is 0 Å². The molecule has 0 heterocycles. The zero-order valence-corrected chi connectivity index (χ0v) is 13.0. The molecule has 1 rings (SSSR count). The van der Waals surface area contributed by atoms with Crippen molar-refractivity contribution < 1.29 is 9.53 Å². The summed E-state index contributed by atoms with van der Waals surface area (Å²) in [5.74, 6) is 0.619. The number of carbonyl (C=O) groups excluding carboxylic acids is 1. The number of hydrogen-bond donors (Lipinski definition) is 2. The third kappa shape index (κ3) is 6.84. The van der Waals surface area contributed by atoms with Crippen molar-refractivity contribution in [3.63, 3.8) is 0 Å². The summed E-state index contributed by atoms with van der Waals surface area (Å²) in [6.45, 7) is 5.56.